The zero-order valence-electron chi connectivity index (χ0n) is 21.0. The lowest BCUT2D eigenvalue weighted by atomic mass is 10.1. The zero-order valence-corrected chi connectivity index (χ0v) is 21.8. The Balaban J connectivity index is 0.000000599. The average Bonchev–Trinajstić information content (AvgIpc) is 3.66. The predicted octanol–water partition coefficient (Wildman–Crippen LogP) is 2.87. The van der Waals surface area contributed by atoms with Crippen LogP contribution in [-0.4, -0.2) is 72.2 Å². The summed E-state index contributed by atoms with van der Waals surface area (Å²) in [6.45, 7) is 2.45. The normalized spacial score (nSPS) is 16.6. The van der Waals surface area contributed by atoms with Crippen LogP contribution in [0.2, 0.25) is 5.02 Å². The van der Waals surface area contributed by atoms with Gasteiger partial charge in [0.2, 0.25) is 5.91 Å². The number of nitrogens with one attached hydrogen (secondary N) is 2. The summed E-state index contributed by atoms with van der Waals surface area (Å²) in [4.78, 5) is 45.5. The van der Waals surface area contributed by atoms with E-state index in [2.05, 4.69) is 21.6 Å². The van der Waals surface area contributed by atoms with Gasteiger partial charge in [-0.3, -0.25) is 14.5 Å². The van der Waals surface area contributed by atoms with Gasteiger partial charge in [-0.1, -0.05) is 23.7 Å². The van der Waals surface area contributed by atoms with Gasteiger partial charge in [0, 0.05) is 37.7 Å². The third-order valence-corrected chi connectivity index (χ3v) is 6.38. The monoisotopic (exact) mass is 547 g/mol. The minimum absolute atomic E-state index is 0.0332. The van der Waals surface area contributed by atoms with Crippen molar-refractivity contribution in [3.63, 3.8) is 0 Å². The zero-order chi connectivity index (χ0) is 27.8. The Bertz CT molecular complexity index is 1190. The molecule has 204 valence electrons. The van der Waals surface area contributed by atoms with Crippen LogP contribution in [0.15, 0.2) is 36.4 Å². The smallest absolute Gasteiger partial charge is 0.414 e. The quantitative estimate of drug-likeness (QED) is 0.365. The highest BCUT2D eigenvalue weighted by Gasteiger charge is 2.31. The molecule has 1 atom stereocenters. The molecule has 2 aromatic carbocycles. The molecule has 0 radical (unpaired) electrons. The number of carbonyl (C=O) groups is 4. The molecule has 1 aliphatic heterocycles. The fourth-order valence-electron chi connectivity index (χ4n) is 3.96. The first-order valence-electron chi connectivity index (χ1n) is 11.9. The highest BCUT2D eigenvalue weighted by atomic mass is 35.5. The highest BCUT2D eigenvalue weighted by molar-refractivity contribution is 6.34. The first-order valence-corrected chi connectivity index (χ1v) is 12.3. The molecule has 2 aromatic rings. The Morgan fingerprint density at radius 1 is 1.03 bits per heavy atom. The topological polar surface area (TPSA) is 154 Å². The lowest BCUT2D eigenvalue weighted by Crippen LogP contribution is -2.37. The molecule has 0 bridgehead atoms. The van der Waals surface area contributed by atoms with Crippen molar-refractivity contribution < 1.29 is 38.9 Å². The third-order valence-electron chi connectivity index (χ3n) is 6.07. The SMILES string of the molecule is COc1cccc(CN2CC[C@H](NC(=O)c3cc(Cl)c(NC(=O)C4CC4)cc3OC)C2)c1.O=C(O)C(=O)O. The van der Waals surface area contributed by atoms with Gasteiger partial charge in [0.1, 0.15) is 11.5 Å². The number of anilines is 1. The van der Waals surface area contributed by atoms with Crippen LogP contribution in [0.4, 0.5) is 5.69 Å². The maximum absolute atomic E-state index is 13.0. The fourth-order valence-corrected chi connectivity index (χ4v) is 4.17. The fraction of sp³-hybridized carbons (Fsp3) is 0.385. The van der Waals surface area contributed by atoms with E-state index in [4.69, 9.17) is 40.9 Å². The van der Waals surface area contributed by atoms with Gasteiger partial charge in [-0.05, 0) is 43.0 Å². The predicted molar refractivity (Wildman–Crippen MR) is 139 cm³/mol. The Morgan fingerprint density at radius 3 is 2.34 bits per heavy atom. The van der Waals surface area contributed by atoms with Crippen molar-refractivity contribution >= 4 is 41.0 Å². The van der Waals surface area contributed by atoms with Gasteiger partial charge in [-0.15, -0.1) is 0 Å². The van der Waals surface area contributed by atoms with Crippen molar-refractivity contribution in [1.82, 2.24) is 10.2 Å². The van der Waals surface area contributed by atoms with E-state index in [0.29, 0.717) is 22.0 Å². The minimum Gasteiger partial charge on any atom is -0.497 e. The molecule has 1 heterocycles. The first kappa shape index (κ1) is 28.7. The van der Waals surface area contributed by atoms with E-state index in [1.165, 1.54) is 12.7 Å². The Labute approximate surface area is 224 Å². The van der Waals surface area contributed by atoms with Crippen LogP contribution in [0.1, 0.15) is 35.2 Å². The van der Waals surface area contributed by atoms with E-state index < -0.39 is 11.9 Å². The molecule has 0 spiro atoms. The highest BCUT2D eigenvalue weighted by Crippen LogP contribution is 2.34. The van der Waals surface area contributed by atoms with Crippen LogP contribution in [0.3, 0.4) is 0 Å². The molecule has 1 aliphatic carbocycles. The lowest BCUT2D eigenvalue weighted by Gasteiger charge is -2.18. The summed E-state index contributed by atoms with van der Waals surface area (Å²) in [6, 6.07) is 11.2. The van der Waals surface area contributed by atoms with Crippen molar-refractivity contribution in [2.24, 2.45) is 5.92 Å². The molecular formula is C26H30ClN3O8. The number of nitrogens with zero attached hydrogens (tertiary/aromatic N) is 1. The van der Waals surface area contributed by atoms with E-state index in [0.717, 1.165) is 44.6 Å². The number of amides is 2. The number of methoxy groups -OCH3 is 2. The van der Waals surface area contributed by atoms with Crippen LogP contribution < -0.4 is 20.1 Å². The number of ether oxygens (including phenoxy) is 2. The number of carboxylic acid groups (broad SMARTS) is 2. The molecule has 38 heavy (non-hydrogen) atoms. The van der Waals surface area contributed by atoms with Crippen LogP contribution in [0.25, 0.3) is 0 Å². The minimum atomic E-state index is -1.82. The first-order chi connectivity index (χ1) is 18.1. The second-order valence-electron chi connectivity index (χ2n) is 8.95. The van der Waals surface area contributed by atoms with Gasteiger partial charge >= 0.3 is 11.9 Å². The van der Waals surface area contributed by atoms with Crippen molar-refractivity contribution in [3.8, 4) is 11.5 Å². The number of rotatable bonds is 8. The standard InChI is InChI=1S/C24H28ClN3O4.C2H2O4/c1-31-18-5-3-4-15(10-18)13-28-9-8-17(14-28)26-24(30)19-11-20(25)21(12-22(19)32-2)27-23(29)16-6-7-16;3-1(4)2(5)6/h3-5,10-12,16-17H,6-9,13-14H2,1-2H3,(H,26,30)(H,27,29);(H,3,4)(H,5,6)/t17-;/m0./s1. The van der Waals surface area contributed by atoms with Gasteiger partial charge in [0.05, 0.1) is 30.5 Å². The molecule has 4 N–H and O–H groups in total. The van der Waals surface area contributed by atoms with E-state index in [1.807, 2.05) is 18.2 Å². The summed E-state index contributed by atoms with van der Waals surface area (Å²) in [5.41, 5.74) is 1.99. The third kappa shape index (κ3) is 8.09. The molecule has 2 amide bonds. The molecule has 1 saturated carbocycles. The summed E-state index contributed by atoms with van der Waals surface area (Å²) >= 11 is 6.36. The molecule has 11 nitrogen and oxygen atoms in total. The molecule has 12 heteroatoms. The van der Waals surface area contributed by atoms with Crippen molar-refractivity contribution in [2.75, 3.05) is 32.6 Å². The molecule has 2 aliphatic rings. The Morgan fingerprint density at radius 2 is 1.74 bits per heavy atom. The summed E-state index contributed by atoms with van der Waals surface area (Å²) in [6.07, 6.45) is 2.66. The van der Waals surface area contributed by atoms with Crippen LogP contribution >= 0.6 is 11.6 Å². The average molecular weight is 548 g/mol. The largest absolute Gasteiger partial charge is 0.497 e. The maximum atomic E-state index is 13.0. The number of halogens is 1. The van der Waals surface area contributed by atoms with Gasteiger partial charge < -0.3 is 30.3 Å². The second-order valence-corrected chi connectivity index (χ2v) is 9.36. The maximum Gasteiger partial charge on any atom is 0.414 e. The second kappa shape index (κ2) is 13.1. The summed E-state index contributed by atoms with van der Waals surface area (Å²) in [5, 5.41) is 21.0. The van der Waals surface area contributed by atoms with Crippen molar-refractivity contribution in [1.29, 1.82) is 0 Å². The number of carbonyl (C=O) groups excluding carboxylic acids is 2. The molecular weight excluding hydrogens is 518 g/mol. The van der Waals surface area contributed by atoms with E-state index >= 15 is 0 Å². The van der Waals surface area contributed by atoms with Crippen molar-refractivity contribution in [2.45, 2.75) is 31.8 Å². The Hall–Kier alpha value is -3.83. The van der Waals surface area contributed by atoms with Gasteiger partial charge in [0.25, 0.3) is 5.91 Å². The lowest BCUT2D eigenvalue weighted by molar-refractivity contribution is -0.159. The Kier molecular flexibility index (Phi) is 9.91. The number of aliphatic carboxylic acids is 2. The number of carboxylic acids is 2. The molecule has 4 rings (SSSR count). The summed E-state index contributed by atoms with van der Waals surface area (Å²) in [7, 11) is 3.16. The van der Waals surface area contributed by atoms with Crippen LogP contribution in [0, 0.1) is 5.92 Å². The molecule has 0 aromatic heterocycles. The van der Waals surface area contributed by atoms with Gasteiger partial charge in [0.15, 0.2) is 0 Å². The molecule has 1 saturated heterocycles. The van der Waals surface area contributed by atoms with E-state index in [1.54, 1.807) is 19.2 Å². The molecule has 2 fully saturated rings. The van der Waals surface area contributed by atoms with Crippen LogP contribution in [-0.2, 0) is 20.9 Å². The number of likely N-dealkylation sites (tertiary alicyclic amines) is 1. The molecule has 0 unspecified atom stereocenters. The number of benzene rings is 2. The summed E-state index contributed by atoms with van der Waals surface area (Å²) in [5.74, 6) is -2.66. The summed E-state index contributed by atoms with van der Waals surface area (Å²) < 4.78 is 10.7. The van der Waals surface area contributed by atoms with Crippen molar-refractivity contribution in [3.05, 3.63) is 52.5 Å². The number of hydrogen-bond acceptors (Lipinski definition) is 7. The van der Waals surface area contributed by atoms with E-state index in [-0.39, 0.29) is 23.8 Å². The van der Waals surface area contributed by atoms with Gasteiger partial charge in [-0.2, -0.15) is 0 Å². The van der Waals surface area contributed by atoms with Crippen LogP contribution in [0.5, 0.6) is 11.5 Å². The van der Waals surface area contributed by atoms with E-state index in [9.17, 15) is 9.59 Å². The number of hydrogen-bond donors (Lipinski definition) is 4. The van der Waals surface area contributed by atoms with Gasteiger partial charge in [-0.25, -0.2) is 9.59 Å².